The van der Waals surface area contributed by atoms with Crippen LogP contribution in [-0.4, -0.2) is 10.9 Å². The summed E-state index contributed by atoms with van der Waals surface area (Å²) in [6, 6.07) is 6.06. The first-order valence-corrected chi connectivity index (χ1v) is 8.07. The number of hydrogen-bond acceptors (Lipinski definition) is 3. The molecule has 0 fully saturated rings. The first-order valence-electron chi connectivity index (χ1n) is 8.07. The fraction of sp³-hybridized carbons (Fsp3) is 0.300. The number of amides is 1. The molecular weight excluding hydrogens is 300 g/mol. The Kier molecular flexibility index (Phi) is 4.14. The molecular formula is C20H22N2O2. The van der Waals surface area contributed by atoms with Crippen LogP contribution in [0.3, 0.4) is 0 Å². The Bertz CT molecular complexity index is 915. The second-order valence-electron chi connectivity index (χ2n) is 6.41. The summed E-state index contributed by atoms with van der Waals surface area (Å²) in [6.45, 7) is 9.94. The third-order valence-corrected chi connectivity index (χ3v) is 4.48. The van der Waals surface area contributed by atoms with E-state index in [4.69, 9.17) is 4.42 Å². The van der Waals surface area contributed by atoms with Crippen molar-refractivity contribution in [3.05, 3.63) is 58.1 Å². The first-order chi connectivity index (χ1) is 11.4. The number of nitrogens with zero attached hydrogens (tertiary/aromatic N) is 1. The summed E-state index contributed by atoms with van der Waals surface area (Å²) in [7, 11) is 0. The van der Waals surface area contributed by atoms with E-state index in [-0.39, 0.29) is 12.3 Å². The van der Waals surface area contributed by atoms with Crippen molar-refractivity contribution in [1.29, 1.82) is 0 Å². The molecule has 0 spiro atoms. The Morgan fingerprint density at radius 1 is 1.12 bits per heavy atom. The molecule has 0 aliphatic heterocycles. The monoisotopic (exact) mass is 322 g/mol. The van der Waals surface area contributed by atoms with Gasteiger partial charge in [-0.15, -0.1) is 0 Å². The van der Waals surface area contributed by atoms with E-state index in [1.165, 1.54) is 5.56 Å². The van der Waals surface area contributed by atoms with Gasteiger partial charge in [-0.2, -0.15) is 0 Å². The number of aromatic nitrogens is 1. The van der Waals surface area contributed by atoms with Crippen LogP contribution in [0.15, 0.2) is 28.9 Å². The maximum Gasteiger partial charge on any atom is 0.228 e. The van der Waals surface area contributed by atoms with Crippen molar-refractivity contribution in [3.8, 4) is 0 Å². The highest BCUT2D eigenvalue weighted by Crippen LogP contribution is 2.27. The zero-order valence-corrected chi connectivity index (χ0v) is 14.8. The maximum atomic E-state index is 12.5. The van der Waals surface area contributed by atoms with Gasteiger partial charge in [-0.25, -0.2) is 0 Å². The Morgan fingerprint density at radius 2 is 1.88 bits per heavy atom. The lowest BCUT2D eigenvalue weighted by molar-refractivity contribution is -0.115. The predicted molar refractivity (Wildman–Crippen MR) is 96.5 cm³/mol. The molecule has 3 rings (SSSR count). The molecule has 1 amide bonds. The second-order valence-corrected chi connectivity index (χ2v) is 6.41. The normalized spacial score (nSPS) is 11.0. The zero-order valence-electron chi connectivity index (χ0n) is 14.8. The molecule has 0 radical (unpaired) electrons. The largest absolute Gasteiger partial charge is 0.464 e. The van der Waals surface area contributed by atoms with Crippen LogP contribution in [-0.2, 0) is 11.2 Å². The summed E-state index contributed by atoms with van der Waals surface area (Å²) in [5, 5.41) is 4.00. The third-order valence-electron chi connectivity index (χ3n) is 4.48. The maximum absolute atomic E-state index is 12.5. The van der Waals surface area contributed by atoms with Crippen LogP contribution in [0.2, 0.25) is 0 Å². The van der Waals surface area contributed by atoms with Crippen molar-refractivity contribution < 1.29 is 9.21 Å². The number of pyridine rings is 1. The fourth-order valence-corrected chi connectivity index (χ4v) is 3.09. The molecule has 124 valence electrons. The van der Waals surface area contributed by atoms with Crippen molar-refractivity contribution in [2.24, 2.45) is 0 Å². The molecule has 0 bridgehead atoms. The second kappa shape index (κ2) is 6.11. The van der Waals surface area contributed by atoms with E-state index < -0.39 is 0 Å². The lowest BCUT2D eigenvalue weighted by atomic mass is 10.0. The molecule has 4 heteroatoms. The lowest BCUT2D eigenvalue weighted by Gasteiger charge is -2.11. The standard InChI is InChI=1S/C20H22N2O2/c1-11-6-7-17-16(10-24-20(17)14(11)4)9-18(23)22-19-12(2)8-13(3)21-15(19)5/h6-8,10H,9H2,1-5H3,(H,22,23). The minimum Gasteiger partial charge on any atom is -0.464 e. The molecule has 0 saturated carbocycles. The van der Waals surface area contributed by atoms with Gasteiger partial charge in [-0.05, 0) is 57.4 Å². The van der Waals surface area contributed by atoms with E-state index in [0.717, 1.165) is 44.7 Å². The Balaban J connectivity index is 1.85. The number of anilines is 1. The Labute approximate surface area is 141 Å². The number of nitrogens with one attached hydrogen (secondary N) is 1. The zero-order chi connectivity index (χ0) is 17.4. The van der Waals surface area contributed by atoms with Gasteiger partial charge < -0.3 is 9.73 Å². The van der Waals surface area contributed by atoms with Gasteiger partial charge in [-0.1, -0.05) is 12.1 Å². The van der Waals surface area contributed by atoms with Crippen LogP contribution in [0, 0.1) is 34.6 Å². The number of aryl methyl sites for hydroxylation is 5. The number of furan rings is 1. The van der Waals surface area contributed by atoms with Crippen LogP contribution >= 0.6 is 0 Å². The molecule has 0 saturated heterocycles. The first kappa shape index (κ1) is 16.2. The quantitative estimate of drug-likeness (QED) is 0.769. The summed E-state index contributed by atoms with van der Waals surface area (Å²) < 4.78 is 5.68. The number of benzene rings is 1. The summed E-state index contributed by atoms with van der Waals surface area (Å²) in [5.74, 6) is -0.0622. The molecule has 4 nitrogen and oxygen atoms in total. The van der Waals surface area contributed by atoms with Gasteiger partial charge in [0.15, 0.2) is 0 Å². The van der Waals surface area contributed by atoms with E-state index in [0.29, 0.717) is 0 Å². The van der Waals surface area contributed by atoms with Crippen LogP contribution in [0.5, 0.6) is 0 Å². The van der Waals surface area contributed by atoms with Gasteiger partial charge in [0.2, 0.25) is 5.91 Å². The van der Waals surface area contributed by atoms with Crippen molar-refractivity contribution in [1.82, 2.24) is 4.98 Å². The summed E-state index contributed by atoms with van der Waals surface area (Å²) >= 11 is 0. The van der Waals surface area contributed by atoms with Gasteiger partial charge in [0.05, 0.1) is 24.1 Å². The molecule has 3 aromatic rings. The fourth-order valence-electron chi connectivity index (χ4n) is 3.09. The summed E-state index contributed by atoms with van der Waals surface area (Å²) in [6.07, 6.45) is 1.96. The summed E-state index contributed by atoms with van der Waals surface area (Å²) in [4.78, 5) is 16.9. The summed E-state index contributed by atoms with van der Waals surface area (Å²) in [5.41, 5.74) is 7.68. The van der Waals surface area contributed by atoms with Crippen LogP contribution in [0.1, 0.15) is 33.6 Å². The number of hydrogen-bond donors (Lipinski definition) is 1. The molecule has 0 unspecified atom stereocenters. The van der Waals surface area contributed by atoms with Crippen molar-refractivity contribution in [3.63, 3.8) is 0 Å². The average molecular weight is 322 g/mol. The molecule has 0 atom stereocenters. The number of carbonyl (C=O) groups excluding carboxylic acids is 1. The number of carbonyl (C=O) groups is 1. The van der Waals surface area contributed by atoms with E-state index in [9.17, 15) is 4.79 Å². The van der Waals surface area contributed by atoms with E-state index in [1.54, 1.807) is 6.26 Å². The van der Waals surface area contributed by atoms with E-state index >= 15 is 0 Å². The lowest BCUT2D eigenvalue weighted by Crippen LogP contribution is -2.16. The van der Waals surface area contributed by atoms with Crippen LogP contribution in [0.4, 0.5) is 5.69 Å². The SMILES string of the molecule is Cc1cc(C)c(NC(=O)Cc2coc3c(C)c(C)ccc23)c(C)n1. The van der Waals surface area contributed by atoms with E-state index in [2.05, 4.69) is 23.3 Å². The predicted octanol–water partition coefficient (Wildman–Crippen LogP) is 4.55. The smallest absolute Gasteiger partial charge is 0.228 e. The molecule has 24 heavy (non-hydrogen) atoms. The van der Waals surface area contributed by atoms with Gasteiger partial charge in [0.25, 0.3) is 0 Å². The highest BCUT2D eigenvalue weighted by atomic mass is 16.3. The molecule has 2 aromatic heterocycles. The highest BCUT2D eigenvalue weighted by Gasteiger charge is 2.14. The molecule has 2 heterocycles. The minimum absolute atomic E-state index is 0.0622. The average Bonchev–Trinajstić information content (AvgIpc) is 2.90. The topological polar surface area (TPSA) is 55.1 Å². The van der Waals surface area contributed by atoms with Crippen LogP contribution in [0.25, 0.3) is 11.0 Å². The molecule has 1 aromatic carbocycles. The molecule has 0 aliphatic carbocycles. The molecule has 1 N–H and O–H groups in total. The van der Waals surface area contributed by atoms with Gasteiger partial charge >= 0.3 is 0 Å². The highest BCUT2D eigenvalue weighted by molar-refractivity contribution is 5.96. The number of rotatable bonds is 3. The Morgan fingerprint density at radius 3 is 2.58 bits per heavy atom. The third kappa shape index (κ3) is 2.92. The van der Waals surface area contributed by atoms with Crippen molar-refractivity contribution in [2.75, 3.05) is 5.32 Å². The van der Waals surface area contributed by atoms with E-state index in [1.807, 2.05) is 39.8 Å². The minimum atomic E-state index is -0.0622. The Hall–Kier alpha value is -2.62. The van der Waals surface area contributed by atoms with Gasteiger partial charge in [0.1, 0.15) is 5.58 Å². The van der Waals surface area contributed by atoms with Crippen molar-refractivity contribution in [2.45, 2.75) is 41.0 Å². The van der Waals surface area contributed by atoms with Gasteiger partial charge in [0, 0.05) is 16.6 Å². The number of fused-ring (bicyclic) bond motifs is 1. The molecule has 0 aliphatic rings. The van der Waals surface area contributed by atoms with Gasteiger partial charge in [-0.3, -0.25) is 9.78 Å². The van der Waals surface area contributed by atoms with Crippen LogP contribution < -0.4 is 5.32 Å². The van der Waals surface area contributed by atoms with Crippen molar-refractivity contribution >= 4 is 22.6 Å².